The van der Waals surface area contributed by atoms with E-state index in [1.807, 2.05) is 6.92 Å². The number of amides is 1. The van der Waals surface area contributed by atoms with Crippen molar-refractivity contribution in [3.8, 4) is 0 Å². The van der Waals surface area contributed by atoms with Gasteiger partial charge in [0.25, 0.3) is 0 Å². The number of carbonyl (C=O) groups is 2. The van der Waals surface area contributed by atoms with Crippen LogP contribution in [0.5, 0.6) is 0 Å². The number of nitrogens with one attached hydrogen (secondary N) is 2. The van der Waals surface area contributed by atoms with Gasteiger partial charge in [-0.2, -0.15) is 0 Å². The monoisotopic (exact) mass is 202 g/mol. The highest BCUT2D eigenvalue weighted by Crippen LogP contribution is 1.87. The molecule has 0 fully saturated rings. The van der Waals surface area contributed by atoms with E-state index in [2.05, 4.69) is 15.4 Å². The molecule has 0 aromatic carbocycles. The van der Waals surface area contributed by atoms with E-state index in [1.54, 1.807) is 0 Å². The van der Waals surface area contributed by atoms with Crippen molar-refractivity contribution in [1.82, 2.24) is 10.6 Å². The Balaban J connectivity index is 3.97. The Bertz CT molecular complexity index is 194. The highest BCUT2D eigenvalue weighted by Gasteiger charge is 2.18. The third-order valence-corrected chi connectivity index (χ3v) is 1.64. The molecule has 0 rings (SSSR count). The van der Waals surface area contributed by atoms with Crippen LogP contribution < -0.4 is 10.6 Å². The molecular formula is C9H18N2O3. The first-order valence-electron chi connectivity index (χ1n) is 4.67. The number of hydrogen-bond donors (Lipinski definition) is 2. The Kier molecular flexibility index (Phi) is 6.74. The smallest absolute Gasteiger partial charge is 0.329 e. The number of methoxy groups -OCH3 is 1. The first-order chi connectivity index (χ1) is 6.61. The molecule has 0 radical (unpaired) electrons. The van der Waals surface area contributed by atoms with Gasteiger partial charge in [0.05, 0.1) is 7.11 Å². The molecule has 5 nitrogen and oxygen atoms in total. The average Bonchev–Trinajstić information content (AvgIpc) is 2.15. The maximum atomic E-state index is 11.2. The minimum absolute atomic E-state index is 0.237. The SMILES string of the molecule is CCCNCC(NC(C)=O)C(=O)OC. The van der Waals surface area contributed by atoms with Gasteiger partial charge < -0.3 is 15.4 Å². The van der Waals surface area contributed by atoms with Crippen LogP contribution in [0, 0.1) is 0 Å². The van der Waals surface area contributed by atoms with E-state index in [4.69, 9.17) is 0 Å². The van der Waals surface area contributed by atoms with E-state index in [-0.39, 0.29) is 5.91 Å². The zero-order valence-electron chi connectivity index (χ0n) is 8.92. The van der Waals surface area contributed by atoms with Crippen LogP contribution in [0.15, 0.2) is 0 Å². The molecule has 0 aliphatic heterocycles. The van der Waals surface area contributed by atoms with Crippen molar-refractivity contribution < 1.29 is 14.3 Å². The lowest BCUT2D eigenvalue weighted by Crippen LogP contribution is -2.47. The highest BCUT2D eigenvalue weighted by atomic mass is 16.5. The summed E-state index contributed by atoms with van der Waals surface area (Å²) in [4.78, 5) is 21.9. The average molecular weight is 202 g/mol. The summed E-state index contributed by atoms with van der Waals surface area (Å²) >= 11 is 0. The lowest BCUT2D eigenvalue weighted by Gasteiger charge is -2.15. The molecule has 0 aliphatic carbocycles. The molecule has 0 saturated heterocycles. The third kappa shape index (κ3) is 5.53. The number of esters is 1. The lowest BCUT2D eigenvalue weighted by atomic mass is 10.3. The van der Waals surface area contributed by atoms with E-state index in [0.717, 1.165) is 13.0 Å². The van der Waals surface area contributed by atoms with E-state index in [0.29, 0.717) is 6.54 Å². The summed E-state index contributed by atoms with van der Waals surface area (Å²) in [5.74, 6) is -0.664. The predicted octanol–water partition coefficient (Wildman–Crippen LogP) is -0.336. The van der Waals surface area contributed by atoms with Gasteiger partial charge in [-0.05, 0) is 13.0 Å². The molecule has 14 heavy (non-hydrogen) atoms. The summed E-state index contributed by atoms with van der Waals surface area (Å²) in [5, 5.41) is 5.55. The first-order valence-corrected chi connectivity index (χ1v) is 4.67. The largest absolute Gasteiger partial charge is 0.467 e. The molecule has 1 atom stereocenters. The van der Waals surface area contributed by atoms with E-state index >= 15 is 0 Å². The maximum absolute atomic E-state index is 11.2. The molecule has 0 aromatic rings. The number of ether oxygens (including phenoxy) is 1. The van der Waals surface area contributed by atoms with Gasteiger partial charge >= 0.3 is 5.97 Å². The maximum Gasteiger partial charge on any atom is 0.329 e. The van der Waals surface area contributed by atoms with Gasteiger partial charge in [0.15, 0.2) is 0 Å². The fourth-order valence-electron chi connectivity index (χ4n) is 1.00. The van der Waals surface area contributed by atoms with Crippen molar-refractivity contribution in [2.24, 2.45) is 0 Å². The number of rotatable bonds is 6. The van der Waals surface area contributed by atoms with Crippen LogP contribution in [0.3, 0.4) is 0 Å². The molecule has 0 saturated carbocycles. The van der Waals surface area contributed by atoms with Crippen LogP contribution in [-0.2, 0) is 14.3 Å². The van der Waals surface area contributed by atoms with Crippen molar-refractivity contribution >= 4 is 11.9 Å². The Morgan fingerprint density at radius 1 is 1.43 bits per heavy atom. The molecule has 0 aromatic heterocycles. The molecular weight excluding hydrogens is 184 g/mol. The molecule has 0 bridgehead atoms. The quantitative estimate of drug-likeness (QED) is 0.457. The van der Waals surface area contributed by atoms with Gasteiger partial charge in [-0.15, -0.1) is 0 Å². The van der Waals surface area contributed by atoms with Crippen molar-refractivity contribution in [2.45, 2.75) is 26.3 Å². The molecule has 0 spiro atoms. The zero-order valence-corrected chi connectivity index (χ0v) is 8.92. The van der Waals surface area contributed by atoms with Crippen molar-refractivity contribution in [1.29, 1.82) is 0 Å². The fourth-order valence-corrected chi connectivity index (χ4v) is 1.00. The highest BCUT2D eigenvalue weighted by molar-refractivity contribution is 5.83. The topological polar surface area (TPSA) is 67.4 Å². The van der Waals surface area contributed by atoms with Gasteiger partial charge in [-0.3, -0.25) is 4.79 Å². The standard InChI is InChI=1S/C9H18N2O3/c1-4-5-10-6-8(9(13)14-3)11-7(2)12/h8,10H,4-6H2,1-3H3,(H,11,12). The second-order valence-corrected chi connectivity index (χ2v) is 2.98. The van der Waals surface area contributed by atoms with Gasteiger partial charge in [0, 0.05) is 13.5 Å². The van der Waals surface area contributed by atoms with Crippen molar-refractivity contribution in [2.75, 3.05) is 20.2 Å². The summed E-state index contributed by atoms with van der Waals surface area (Å²) in [6.45, 7) is 4.61. The summed E-state index contributed by atoms with van der Waals surface area (Å²) in [5.41, 5.74) is 0. The molecule has 1 unspecified atom stereocenters. The van der Waals surface area contributed by atoms with Gasteiger partial charge in [-0.25, -0.2) is 4.79 Å². The summed E-state index contributed by atoms with van der Waals surface area (Å²) < 4.78 is 4.55. The van der Waals surface area contributed by atoms with Gasteiger partial charge in [0.2, 0.25) is 5.91 Å². The summed E-state index contributed by atoms with van der Waals surface area (Å²) in [6.07, 6.45) is 0.980. The van der Waals surface area contributed by atoms with E-state index in [1.165, 1.54) is 14.0 Å². The molecule has 0 heterocycles. The van der Waals surface area contributed by atoms with Crippen LogP contribution >= 0.6 is 0 Å². The number of carbonyl (C=O) groups excluding carboxylic acids is 2. The minimum atomic E-state index is -0.593. The number of hydrogen-bond acceptors (Lipinski definition) is 4. The van der Waals surface area contributed by atoms with E-state index in [9.17, 15) is 9.59 Å². The zero-order chi connectivity index (χ0) is 11.0. The van der Waals surface area contributed by atoms with Gasteiger partial charge in [-0.1, -0.05) is 6.92 Å². The Labute approximate surface area is 84.2 Å². The predicted molar refractivity (Wildman–Crippen MR) is 52.8 cm³/mol. The molecule has 5 heteroatoms. The Morgan fingerprint density at radius 3 is 2.50 bits per heavy atom. The lowest BCUT2D eigenvalue weighted by molar-refractivity contribution is -0.144. The van der Waals surface area contributed by atoms with Gasteiger partial charge in [0.1, 0.15) is 6.04 Å². The van der Waals surface area contributed by atoms with Crippen LogP contribution in [0.2, 0.25) is 0 Å². The fraction of sp³-hybridized carbons (Fsp3) is 0.778. The second kappa shape index (κ2) is 7.32. The molecule has 2 N–H and O–H groups in total. The first kappa shape index (κ1) is 12.9. The summed E-state index contributed by atoms with van der Waals surface area (Å²) in [7, 11) is 1.30. The second-order valence-electron chi connectivity index (χ2n) is 2.98. The molecule has 82 valence electrons. The van der Waals surface area contributed by atoms with Crippen LogP contribution in [0.25, 0.3) is 0 Å². The molecule has 0 aliphatic rings. The van der Waals surface area contributed by atoms with Crippen LogP contribution in [0.1, 0.15) is 20.3 Å². The Morgan fingerprint density at radius 2 is 2.07 bits per heavy atom. The normalized spacial score (nSPS) is 11.9. The van der Waals surface area contributed by atoms with E-state index < -0.39 is 12.0 Å². The van der Waals surface area contributed by atoms with Crippen LogP contribution in [0.4, 0.5) is 0 Å². The van der Waals surface area contributed by atoms with Crippen molar-refractivity contribution in [3.63, 3.8) is 0 Å². The van der Waals surface area contributed by atoms with Crippen molar-refractivity contribution in [3.05, 3.63) is 0 Å². The Hall–Kier alpha value is -1.10. The molecule has 1 amide bonds. The minimum Gasteiger partial charge on any atom is -0.467 e. The third-order valence-electron chi connectivity index (χ3n) is 1.64. The summed E-state index contributed by atoms with van der Waals surface area (Å²) in [6, 6.07) is -0.593. The van der Waals surface area contributed by atoms with Crippen LogP contribution in [-0.4, -0.2) is 38.1 Å².